The molecule has 2 aromatic rings. The number of nitrogens with one attached hydrogen (secondary N) is 1. The molecule has 0 saturated carbocycles. The van der Waals surface area contributed by atoms with E-state index < -0.39 is 0 Å². The standard InChI is InChI=1S/C10H14N4O/c1-2-14-8-12-6-9(14)5-11-7-10-3-4-13-15-10/h3-4,6,8,11H,2,5,7H2,1H3. The third-order valence-electron chi connectivity index (χ3n) is 2.24. The molecule has 2 aromatic heterocycles. The number of rotatable bonds is 5. The van der Waals surface area contributed by atoms with E-state index in [1.807, 2.05) is 18.6 Å². The van der Waals surface area contributed by atoms with Crippen LogP contribution in [0.25, 0.3) is 0 Å². The fourth-order valence-corrected chi connectivity index (χ4v) is 1.43. The van der Waals surface area contributed by atoms with Gasteiger partial charge in [0.2, 0.25) is 0 Å². The second-order valence-corrected chi connectivity index (χ2v) is 3.25. The van der Waals surface area contributed by atoms with Crippen LogP contribution in [0.1, 0.15) is 18.4 Å². The summed E-state index contributed by atoms with van der Waals surface area (Å²) in [5.74, 6) is 0.845. The highest BCUT2D eigenvalue weighted by Crippen LogP contribution is 2.00. The number of hydrogen-bond acceptors (Lipinski definition) is 4. The van der Waals surface area contributed by atoms with Gasteiger partial charge >= 0.3 is 0 Å². The Morgan fingerprint density at radius 2 is 2.40 bits per heavy atom. The highest BCUT2D eigenvalue weighted by molar-refractivity contribution is 4.99. The van der Waals surface area contributed by atoms with E-state index in [2.05, 4.69) is 26.9 Å². The summed E-state index contributed by atoms with van der Waals surface area (Å²) in [5.41, 5.74) is 1.18. The molecule has 15 heavy (non-hydrogen) atoms. The topological polar surface area (TPSA) is 55.9 Å². The first-order valence-corrected chi connectivity index (χ1v) is 4.99. The van der Waals surface area contributed by atoms with Gasteiger partial charge in [-0.25, -0.2) is 4.98 Å². The summed E-state index contributed by atoms with van der Waals surface area (Å²) in [6.45, 7) is 4.52. The van der Waals surface area contributed by atoms with Gasteiger partial charge in [-0.3, -0.25) is 0 Å². The van der Waals surface area contributed by atoms with Crippen molar-refractivity contribution in [2.24, 2.45) is 0 Å². The molecule has 0 bridgehead atoms. The lowest BCUT2D eigenvalue weighted by molar-refractivity contribution is 0.372. The van der Waals surface area contributed by atoms with Crippen LogP contribution in [0.5, 0.6) is 0 Å². The van der Waals surface area contributed by atoms with Gasteiger partial charge in [-0.15, -0.1) is 0 Å². The van der Waals surface area contributed by atoms with E-state index >= 15 is 0 Å². The second-order valence-electron chi connectivity index (χ2n) is 3.25. The number of hydrogen-bond donors (Lipinski definition) is 1. The Balaban J connectivity index is 1.83. The van der Waals surface area contributed by atoms with E-state index in [1.165, 1.54) is 5.69 Å². The van der Waals surface area contributed by atoms with E-state index in [0.29, 0.717) is 6.54 Å². The summed E-state index contributed by atoms with van der Waals surface area (Å²) in [4.78, 5) is 4.10. The molecule has 0 radical (unpaired) electrons. The predicted molar refractivity (Wildman–Crippen MR) is 54.9 cm³/mol. The minimum absolute atomic E-state index is 0.689. The lowest BCUT2D eigenvalue weighted by atomic mass is 10.4. The first kappa shape index (κ1) is 9.92. The van der Waals surface area contributed by atoms with Crippen LogP contribution >= 0.6 is 0 Å². The van der Waals surface area contributed by atoms with Crippen molar-refractivity contribution in [3.63, 3.8) is 0 Å². The average Bonchev–Trinajstić information content (AvgIpc) is 2.88. The molecule has 0 atom stereocenters. The summed E-state index contributed by atoms with van der Waals surface area (Å²) in [6, 6.07) is 1.85. The van der Waals surface area contributed by atoms with Gasteiger partial charge in [-0.1, -0.05) is 5.16 Å². The summed E-state index contributed by atoms with van der Waals surface area (Å²) in [6.07, 6.45) is 5.36. The zero-order valence-corrected chi connectivity index (χ0v) is 8.68. The van der Waals surface area contributed by atoms with Crippen LogP contribution in [0.3, 0.4) is 0 Å². The van der Waals surface area contributed by atoms with Crippen LogP contribution in [0.2, 0.25) is 0 Å². The van der Waals surface area contributed by atoms with Crippen molar-refractivity contribution >= 4 is 0 Å². The predicted octanol–water partition coefficient (Wildman–Crippen LogP) is 1.18. The summed E-state index contributed by atoms with van der Waals surface area (Å²) >= 11 is 0. The van der Waals surface area contributed by atoms with Crippen LogP contribution in [0.15, 0.2) is 29.3 Å². The molecular weight excluding hydrogens is 192 g/mol. The number of aryl methyl sites for hydroxylation is 1. The van der Waals surface area contributed by atoms with Crippen molar-refractivity contribution in [2.45, 2.75) is 26.6 Å². The fourth-order valence-electron chi connectivity index (χ4n) is 1.43. The highest BCUT2D eigenvalue weighted by atomic mass is 16.5. The molecule has 2 heterocycles. The van der Waals surface area contributed by atoms with Gasteiger partial charge in [0.25, 0.3) is 0 Å². The number of aromatic nitrogens is 3. The molecule has 0 aliphatic carbocycles. The zero-order valence-electron chi connectivity index (χ0n) is 8.68. The SMILES string of the molecule is CCn1cncc1CNCc1ccno1. The Labute approximate surface area is 88.1 Å². The van der Waals surface area contributed by atoms with E-state index in [1.54, 1.807) is 6.20 Å². The lowest BCUT2D eigenvalue weighted by Crippen LogP contribution is -2.15. The van der Waals surface area contributed by atoms with Gasteiger partial charge in [-0.05, 0) is 6.92 Å². The molecule has 0 unspecified atom stereocenters. The second kappa shape index (κ2) is 4.75. The minimum atomic E-state index is 0.689. The fraction of sp³-hybridized carbons (Fsp3) is 0.400. The molecule has 0 aliphatic rings. The molecule has 0 saturated heterocycles. The third kappa shape index (κ3) is 2.44. The zero-order chi connectivity index (χ0) is 10.5. The van der Waals surface area contributed by atoms with Gasteiger partial charge in [0.15, 0.2) is 0 Å². The van der Waals surface area contributed by atoms with Crippen molar-refractivity contribution in [1.82, 2.24) is 20.0 Å². The number of nitrogens with zero attached hydrogens (tertiary/aromatic N) is 3. The van der Waals surface area contributed by atoms with Crippen molar-refractivity contribution in [2.75, 3.05) is 0 Å². The summed E-state index contributed by atoms with van der Waals surface area (Å²) < 4.78 is 7.08. The maximum Gasteiger partial charge on any atom is 0.150 e. The van der Waals surface area contributed by atoms with Gasteiger partial charge < -0.3 is 14.4 Å². The van der Waals surface area contributed by atoms with Gasteiger partial charge in [0.05, 0.1) is 24.8 Å². The monoisotopic (exact) mass is 206 g/mol. The molecule has 1 N–H and O–H groups in total. The van der Waals surface area contributed by atoms with Crippen LogP contribution in [0.4, 0.5) is 0 Å². The van der Waals surface area contributed by atoms with Crippen LogP contribution in [-0.4, -0.2) is 14.7 Å². The molecule has 0 amide bonds. The summed E-state index contributed by atoms with van der Waals surface area (Å²) in [5, 5.41) is 6.91. The quantitative estimate of drug-likeness (QED) is 0.798. The smallest absolute Gasteiger partial charge is 0.150 e. The van der Waals surface area contributed by atoms with Gasteiger partial charge in [-0.2, -0.15) is 0 Å². The lowest BCUT2D eigenvalue weighted by Gasteiger charge is -2.05. The van der Waals surface area contributed by atoms with Gasteiger partial charge in [0.1, 0.15) is 5.76 Å². The van der Waals surface area contributed by atoms with Crippen molar-refractivity contribution < 1.29 is 4.52 Å². The highest BCUT2D eigenvalue weighted by Gasteiger charge is 2.00. The summed E-state index contributed by atoms with van der Waals surface area (Å²) in [7, 11) is 0. The number of imidazole rings is 1. The van der Waals surface area contributed by atoms with E-state index in [0.717, 1.165) is 18.8 Å². The van der Waals surface area contributed by atoms with Crippen LogP contribution < -0.4 is 5.32 Å². The molecule has 2 rings (SSSR count). The minimum Gasteiger partial charge on any atom is -0.360 e. The molecule has 80 valence electrons. The first-order chi connectivity index (χ1) is 7.40. The van der Waals surface area contributed by atoms with Crippen LogP contribution in [-0.2, 0) is 19.6 Å². The van der Waals surface area contributed by atoms with Crippen molar-refractivity contribution in [3.05, 3.63) is 36.2 Å². The van der Waals surface area contributed by atoms with E-state index in [4.69, 9.17) is 4.52 Å². The molecule has 0 aliphatic heterocycles. The Hall–Kier alpha value is -1.62. The molecule has 5 nitrogen and oxygen atoms in total. The Morgan fingerprint density at radius 1 is 1.47 bits per heavy atom. The molecule has 5 heteroatoms. The van der Waals surface area contributed by atoms with Crippen molar-refractivity contribution in [1.29, 1.82) is 0 Å². The Morgan fingerprint density at radius 3 is 3.13 bits per heavy atom. The average molecular weight is 206 g/mol. The molecule has 0 spiro atoms. The molecule has 0 fully saturated rings. The van der Waals surface area contributed by atoms with Gasteiger partial charge in [0, 0.05) is 25.4 Å². The van der Waals surface area contributed by atoms with E-state index in [9.17, 15) is 0 Å². The maximum absolute atomic E-state index is 4.97. The third-order valence-corrected chi connectivity index (χ3v) is 2.24. The Kier molecular flexibility index (Phi) is 3.14. The van der Waals surface area contributed by atoms with Crippen molar-refractivity contribution in [3.8, 4) is 0 Å². The largest absolute Gasteiger partial charge is 0.360 e. The van der Waals surface area contributed by atoms with Crippen LogP contribution in [0, 0.1) is 0 Å². The first-order valence-electron chi connectivity index (χ1n) is 4.99. The molecule has 0 aromatic carbocycles. The van der Waals surface area contributed by atoms with E-state index in [-0.39, 0.29) is 0 Å². The molecular formula is C10H14N4O. The maximum atomic E-state index is 4.97. The Bertz CT molecular complexity index is 393. The normalized spacial score (nSPS) is 10.7.